The predicted molar refractivity (Wildman–Crippen MR) is 72.8 cm³/mol. The molecule has 0 saturated heterocycles. The molecule has 19 heavy (non-hydrogen) atoms. The maximum Gasteiger partial charge on any atom is 0.272 e. The lowest BCUT2D eigenvalue weighted by molar-refractivity contribution is 0.102. The van der Waals surface area contributed by atoms with Crippen LogP contribution in [0.2, 0.25) is 0 Å². The van der Waals surface area contributed by atoms with Crippen LogP contribution in [-0.4, -0.2) is 20.9 Å². The average Bonchev–Trinajstić information content (AvgIpc) is 3.13. The highest BCUT2D eigenvalue weighted by molar-refractivity contribution is 6.03. The first kappa shape index (κ1) is 11.3. The minimum atomic E-state index is -0.160. The number of hydrogen-bond donors (Lipinski definition) is 3. The Bertz CT molecular complexity index is 671. The summed E-state index contributed by atoms with van der Waals surface area (Å²) >= 11 is 0. The van der Waals surface area contributed by atoms with E-state index in [4.69, 9.17) is 0 Å². The molecule has 0 aliphatic rings. The molecule has 0 saturated carbocycles. The number of aromatic amines is 2. The Morgan fingerprint density at radius 1 is 1.16 bits per heavy atom. The van der Waals surface area contributed by atoms with Crippen molar-refractivity contribution in [3.63, 3.8) is 0 Å². The summed E-state index contributed by atoms with van der Waals surface area (Å²) in [4.78, 5) is 21.8. The highest BCUT2D eigenvalue weighted by atomic mass is 16.1. The van der Waals surface area contributed by atoms with Gasteiger partial charge in [0.2, 0.25) is 0 Å². The zero-order valence-corrected chi connectivity index (χ0v) is 10.1. The van der Waals surface area contributed by atoms with Gasteiger partial charge in [0, 0.05) is 17.4 Å². The van der Waals surface area contributed by atoms with Crippen LogP contribution in [0.5, 0.6) is 0 Å². The fourth-order valence-corrected chi connectivity index (χ4v) is 1.85. The molecule has 0 aliphatic carbocycles. The maximum atomic E-state index is 11.9. The largest absolute Gasteiger partial charge is 0.357 e. The van der Waals surface area contributed by atoms with Crippen molar-refractivity contribution in [1.29, 1.82) is 0 Å². The van der Waals surface area contributed by atoms with Crippen molar-refractivity contribution in [2.24, 2.45) is 0 Å². The van der Waals surface area contributed by atoms with Gasteiger partial charge in [0.15, 0.2) is 0 Å². The molecule has 1 aromatic carbocycles. The quantitative estimate of drug-likeness (QED) is 0.670. The van der Waals surface area contributed by atoms with Gasteiger partial charge in [-0.25, -0.2) is 4.98 Å². The molecule has 0 aliphatic heterocycles. The summed E-state index contributed by atoms with van der Waals surface area (Å²) in [7, 11) is 0. The van der Waals surface area contributed by atoms with Crippen LogP contribution >= 0.6 is 0 Å². The van der Waals surface area contributed by atoms with Crippen LogP contribution in [0.15, 0.2) is 55.1 Å². The summed E-state index contributed by atoms with van der Waals surface area (Å²) in [6, 6.07) is 11.1. The van der Waals surface area contributed by atoms with Crippen molar-refractivity contribution in [2.75, 3.05) is 5.32 Å². The van der Waals surface area contributed by atoms with Gasteiger partial charge < -0.3 is 15.3 Å². The van der Waals surface area contributed by atoms with Crippen LogP contribution in [0.4, 0.5) is 5.69 Å². The molecule has 3 rings (SSSR count). The van der Waals surface area contributed by atoms with Gasteiger partial charge in [-0.3, -0.25) is 4.79 Å². The summed E-state index contributed by atoms with van der Waals surface area (Å²) in [5.41, 5.74) is 3.16. The zero-order valence-electron chi connectivity index (χ0n) is 10.1. The number of rotatable bonds is 3. The Labute approximate surface area is 109 Å². The number of carbonyl (C=O) groups is 1. The van der Waals surface area contributed by atoms with Crippen LogP contribution in [0.1, 0.15) is 10.5 Å². The number of imidazole rings is 1. The van der Waals surface area contributed by atoms with Gasteiger partial charge in [0.05, 0.1) is 18.2 Å². The van der Waals surface area contributed by atoms with Crippen LogP contribution in [-0.2, 0) is 0 Å². The lowest BCUT2D eigenvalue weighted by Crippen LogP contribution is -2.12. The number of anilines is 1. The van der Waals surface area contributed by atoms with Gasteiger partial charge in [-0.2, -0.15) is 0 Å². The number of nitrogens with one attached hydrogen (secondary N) is 3. The Balaban J connectivity index is 1.82. The van der Waals surface area contributed by atoms with Gasteiger partial charge in [-0.15, -0.1) is 0 Å². The van der Waals surface area contributed by atoms with E-state index in [-0.39, 0.29) is 5.91 Å². The first-order chi connectivity index (χ1) is 9.33. The molecule has 3 aromatic rings. The van der Waals surface area contributed by atoms with Gasteiger partial charge in [-0.1, -0.05) is 12.1 Å². The normalized spacial score (nSPS) is 10.3. The monoisotopic (exact) mass is 252 g/mol. The Kier molecular flexibility index (Phi) is 2.86. The first-order valence-electron chi connectivity index (χ1n) is 5.86. The molecule has 1 amide bonds. The van der Waals surface area contributed by atoms with Crippen molar-refractivity contribution >= 4 is 11.6 Å². The van der Waals surface area contributed by atoms with E-state index in [1.807, 2.05) is 24.3 Å². The molecule has 2 heterocycles. The van der Waals surface area contributed by atoms with Crippen molar-refractivity contribution in [2.45, 2.75) is 0 Å². The molecular weight excluding hydrogens is 240 g/mol. The van der Waals surface area contributed by atoms with E-state index >= 15 is 0 Å². The van der Waals surface area contributed by atoms with Crippen LogP contribution < -0.4 is 5.32 Å². The highest BCUT2D eigenvalue weighted by Crippen LogP contribution is 2.20. The van der Waals surface area contributed by atoms with Crippen molar-refractivity contribution in [3.8, 4) is 11.3 Å². The minimum Gasteiger partial charge on any atom is -0.357 e. The highest BCUT2D eigenvalue weighted by Gasteiger charge is 2.07. The Morgan fingerprint density at radius 3 is 2.84 bits per heavy atom. The summed E-state index contributed by atoms with van der Waals surface area (Å²) in [5.74, 6) is -0.160. The second kappa shape index (κ2) is 4.81. The third-order valence-electron chi connectivity index (χ3n) is 2.77. The van der Waals surface area contributed by atoms with E-state index in [0.717, 1.165) is 16.9 Å². The van der Waals surface area contributed by atoms with E-state index in [2.05, 4.69) is 20.3 Å². The van der Waals surface area contributed by atoms with E-state index in [1.54, 1.807) is 30.9 Å². The smallest absolute Gasteiger partial charge is 0.272 e. The number of benzene rings is 1. The molecule has 2 aromatic heterocycles. The molecule has 94 valence electrons. The van der Waals surface area contributed by atoms with E-state index in [9.17, 15) is 4.79 Å². The molecular formula is C14H12N4O. The zero-order chi connectivity index (χ0) is 13.1. The van der Waals surface area contributed by atoms with Crippen LogP contribution in [0.25, 0.3) is 11.3 Å². The Morgan fingerprint density at radius 2 is 2.11 bits per heavy atom. The third kappa shape index (κ3) is 2.40. The average molecular weight is 252 g/mol. The van der Waals surface area contributed by atoms with Gasteiger partial charge >= 0.3 is 0 Å². The standard InChI is InChI=1S/C14H12N4O/c19-14(12-5-2-6-16-12)18-11-4-1-3-10(7-11)13-8-15-9-17-13/h1-9,16H,(H,15,17)(H,18,19). The summed E-state index contributed by atoms with van der Waals surface area (Å²) in [5, 5.41) is 2.84. The number of hydrogen-bond acceptors (Lipinski definition) is 2. The molecule has 0 radical (unpaired) electrons. The van der Waals surface area contributed by atoms with E-state index in [1.165, 1.54) is 0 Å². The number of nitrogens with zero attached hydrogens (tertiary/aromatic N) is 1. The van der Waals surface area contributed by atoms with Crippen molar-refractivity contribution < 1.29 is 4.79 Å². The molecule has 5 heteroatoms. The second-order valence-corrected chi connectivity index (χ2v) is 4.08. The van der Waals surface area contributed by atoms with E-state index < -0.39 is 0 Å². The SMILES string of the molecule is O=C(Nc1cccc(-c2cnc[nH]2)c1)c1ccc[nH]1. The number of carbonyl (C=O) groups excluding carboxylic acids is 1. The lowest BCUT2D eigenvalue weighted by Gasteiger charge is -2.05. The molecule has 0 bridgehead atoms. The number of aromatic nitrogens is 3. The fourth-order valence-electron chi connectivity index (χ4n) is 1.85. The number of amides is 1. The molecule has 5 nitrogen and oxygen atoms in total. The van der Waals surface area contributed by atoms with E-state index in [0.29, 0.717) is 5.69 Å². The lowest BCUT2D eigenvalue weighted by atomic mass is 10.1. The van der Waals surface area contributed by atoms with Gasteiger partial charge in [-0.05, 0) is 24.3 Å². The Hall–Kier alpha value is -2.82. The molecule has 0 atom stereocenters. The first-order valence-corrected chi connectivity index (χ1v) is 5.86. The third-order valence-corrected chi connectivity index (χ3v) is 2.77. The summed E-state index contributed by atoms with van der Waals surface area (Å²) in [6.07, 6.45) is 5.08. The van der Waals surface area contributed by atoms with Crippen molar-refractivity contribution in [1.82, 2.24) is 15.0 Å². The topological polar surface area (TPSA) is 73.6 Å². The summed E-state index contributed by atoms with van der Waals surface area (Å²) in [6.45, 7) is 0. The number of H-pyrrole nitrogens is 2. The van der Waals surface area contributed by atoms with Crippen LogP contribution in [0.3, 0.4) is 0 Å². The molecule has 3 N–H and O–H groups in total. The van der Waals surface area contributed by atoms with Crippen molar-refractivity contribution in [3.05, 3.63) is 60.8 Å². The molecule has 0 fully saturated rings. The minimum absolute atomic E-state index is 0.160. The summed E-state index contributed by atoms with van der Waals surface area (Å²) < 4.78 is 0. The fraction of sp³-hybridized carbons (Fsp3) is 0. The van der Waals surface area contributed by atoms with Gasteiger partial charge in [0.1, 0.15) is 5.69 Å². The molecule has 0 spiro atoms. The molecule has 0 unspecified atom stereocenters. The second-order valence-electron chi connectivity index (χ2n) is 4.08. The van der Waals surface area contributed by atoms with Gasteiger partial charge in [0.25, 0.3) is 5.91 Å². The predicted octanol–water partition coefficient (Wildman–Crippen LogP) is 2.66. The van der Waals surface area contributed by atoms with Crippen LogP contribution in [0, 0.1) is 0 Å². The maximum absolute atomic E-state index is 11.9.